The van der Waals surface area contributed by atoms with Crippen LogP contribution in [0.15, 0.2) is 0 Å². The zero-order valence-corrected chi connectivity index (χ0v) is 11.9. The average molecular weight is 241 g/mol. The fourth-order valence-corrected chi connectivity index (χ4v) is 3.11. The summed E-state index contributed by atoms with van der Waals surface area (Å²) in [6.07, 6.45) is 8.94. The molecule has 0 aliphatic heterocycles. The first-order chi connectivity index (χ1) is 8.19. The molecule has 0 amide bonds. The van der Waals surface area contributed by atoms with E-state index < -0.39 is 0 Å². The molecule has 1 rings (SSSR count). The van der Waals surface area contributed by atoms with Gasteiger partial charge in [0.15, 0.2) is 0 Å². The fourth-order valence-electron chi connectivity index (χ4n) is 3.11. The lowest BCUT2D eigenvalue weighted by atomic mass is 9.84. The third-order valence-corrected chi connectivity index (χ3v) is 4.60. The quantitative estimate of drug-likeness (QED) is 0.716. The van der Waals surface area contributed by atoms with Gasteiger partial charge in [-0.15, -0.1) is 0 Å². The average Bonchev–Trinajstić information content (AvgIpc) is 2.38. The summed E-state index contributed by atoms with van der Waals surface area (Å²) in [5, 5.41) is 13.6. The van der Waals surface area contributed by atoms with Crippen molar-refractivity contribution < 1.29 is 5.11 Å². The Balaban J connectivity index is 2.23. The summed E-state index contributed by atoms with van der Waals surface area (Å²) in [5.74, 6) is 1.29. The van der Waals surface area contributed by atoms with Crippen LogP contribution in [0.5, 0.6) is 0 Å². The molecule has 17 heavy (non-hydrogen) atoms. The van der Waals surface area contributed by atoms with E-state index in [1.807, 2.05) is 0 Å². The molecule has 2 nitrogen and oxygen atoms in total. The van der Waals surface area contributed by atoms with E-state index in [4.69, 9.17) is 0 Å². The van der Waals surface area contributed by atoms with Gasteiger partial charge in [0.05, 0.1) is 6.10 Å². The molecule has 0 aromatic rings. The highest BCUT2D eigenvalue weighted by atomic mass is 16.3. The molecule has 1 aliphatic carbocycles. The molecule has 2 N–H and O–H groups in total. The Morgan fingerprint density at radius 1 is 1.12 bits per heavy atom. The lowest BCUT2D eigenvalue weighted by molar-refractivity contribution is 0.0947. The van der Waals surface area contributed by atoms with E-state index in [1.165, 1.54) is 32.1 Å². The largest absolute Gasteiger partial charge is 0.392 e. The van der Waals surface area contributed by atoms with Crippen LogP contribution in [-0.2, 0) is 0 Å². The van der Waals surface area contributed by atoms with E-state index in [9.17, 15) is 5.11 Å². The number of aliphatic hydroxyl groups is 1. The molecular formula is C15H31NO. The maximum absolute atomic E-state index is 10.1. The minimum Gasteiger partial charge on any atom is -0.392 e. The third kappa shape index (κ3) is 4.97. The number of hydrogen-bond acceptors (Lipinski definition) is 2. The second-order valence-corrected chi connectivity index (χ2v) is 5.74. The molecule has 0 spiro atoms. The number of aliphatic hydroxyl groups excluding tert-OH is 1. The van der Waals surface area contributed by atoms with Crippen molar-refractivity contribution in [2.24, 2.45) is 11.8 Å². The summed E-state index contributed by atoms with van der Waals surface area (Å²) in [7, 11) is 0. The molecule has 0 radical (unpaired) electrons. The van der Waals surface area contributed by atoms with Crippen LogP contribution in [0.25, 0.3) is 0 Å². The molecule has 0 bridgehead atoms. The Labute approximate surface area is 107 Å². The standard InChI is InChI=1S/C15H31NO/c1-4-13(5-2)15(17)11-16-12(3)14-9-7-6-8-10-14/h12-17H,4-11H2,1-3H3. The molecule has 2 heteroatoms. The van der Waals surface area contributed by atoms with Crippen LogP contribution >= 0.6 is 0 Å². The van der Waals surface area contributed by atoms with Gasteiger partial charge in [-0.1, -0.05) is 46.0 Å². The highest BCUT2D eigenvalue weighted by molar-refractivity contribution is 4.78. The smallest absolute Gasteiger partial charge is 0.0692 e. The summed E-state index contributed by atoms with van der Waals surface area (Å²) in [6.45, 7) is 7.39. The first-order valence-electron chi connectivity index (χ1n) is 7.60. The lowest BCUT2D eigenvalue weighted by Crippen LogP contribution is -2.41. The Morgan fingerprint density at radius 2 is 1.71 bits per heavy atom. The van der Waals surface area contributed by atoms with Gasteiger partial charge in [0.1, 0.15) is 0 Å². The molecule has 0 heterocycles. The van der Waals surface area contributed by atoms with E-state index >= 15 is 0 Å². The van der Waals surface area contributed by atoms with Crippen LogP contribution in [0.3, 0.4) is 0 Å². The summed E-state index contributed by atoms with van der Waals surface area (Å²) < 4.78 is 0. The number of rotatable bonds is 7. The molecule has 0 aromatic carbocycles. The molecule has 0 aromatic heterocycles. The highest BCUT2D eigenvalue weighted by Crippen LogP contribution is 2.26. The van der Waals surface area contributed by atoms with Crippen molar-refractivity contribution in [3.05, 3.63) is 0 Å². The zero-order valence-electron chi connectivity index (χ0n) is 11.9. The first-order valence-corrected chi connectivity index (χ1v) is 7.60. The molecule has 1 saturated carbocycles. The van der Waals surface area contributed by atoms with E-state index in [2.05, 4.69) is 26.1 Å². The number of nitrogens with one attached hydrogen (secondary N) is 1. The second-order valence-electron chi connectivity index (χ2n) is 5.74. The summed E-state index contributed by atoms with van der Waals surface area (Å²) in [4.78, 5) is 0. The van der Waals surface area contributed by atoms with E-state index in [0.29, 0.717) is 12.0 Å². The van der Waals surface area contributed by atoms with Gasteiger partial charge in [-0.25, -0.2) is 0 Å². The molecule has 1 fully saturated rings. The summed E-state index contributed by atoms with van der Waals surface area (Å²) in [6, 6.07) is 0.569. The predicted molar refractivity (Wildman–Crippen MR) is 74.1 cm³/mol. The van der Waals surface area contributed by atoms with Crippen LogP contribution in [0, 0.1) is 11.8 Å². The van der Waals surface area contributed by atoms with Gasteiger partial charge in [0, 0.05) is 12.6 Å². The van der Waals surface area contributed by atoms with Gasteiger partial charge in [0.25, 0.3) is 0 Å². The Bertz CT molecular complexity index is 185. The van der Waals surface area contributed by atoms with Crippen molar-refractivity contribution in [2.45, 2.75) is 77.9 Å². The first kappa shape index (κ1) is 15.0. The van der Waals surface area contributed by atoms with Crippen molar-refractivity contribution in [1.29, 1.82) is 0 Å². The van der Waals surface area contributed by atoms with Crippen molar-refractivity contribution in [2.75, 3.05) is 6.54 Å². The van der Waals surface area contributed by atoms with Gasteiger partial charge in [-0.05, 0) is 31.6 Å². The van der Waals surface area contributed by atoms with Gasteiger partial charge >= 0.3 is 0 Å². The summed E-state index contributed by atoms with van der Waals surface area (Å²) >= 11 is 0. The molecule has 0 saturated heterocycles. The van der Waals surface area contributed by atoms with E-state index in [0.717, 1.165) is 25.3 Å². The van der Waals surface area contributed by atoms with Crippen molar-refractivity contribution in [1.82, 2.24) is 5.32 Å². The van der Waals surface area contributed by atoms with Crippen LogP contribution in [0.2, 0.25) is 0 Å². The third-order valence-electron chi connectivity index (χ3n) is 4.60. The molecular weight excluding hydrogens is 210 g/mol. The van der Waals surface area contributed by atoms with Crippen molar-refractivity contribution in [3.8, 4) is 0 Å². The zero-order chi connectivity index (χ0) is 12.7. The second kappa shape index (κ2) is 8.10. The Hall–Kier alpha value is -0.0800. The van der Waals surface area contributed by atoms with Gasteiger partial charge in [0.2, 0.25) is 0 Å². The molecule has 2 atom stereocenters. The van der Waals surface area contributed by atoms with Crippen LogP contribution in [0.4, 0.5) is 0 Å². The van der Waals surface area contributed by atoms with Gasteiger partial charge in [-0.2, -0.15) is 0 Å². The van der Waals surface area contributed by atoms with Crippen LogP contribution < -0.4 is 5.32 Å². The summed E-state index contributed by atoms with van der Waals surface area (Å²) in [5.41, 5.74) is 0. The Kier molecular flexibility index (Phi) is 7.14. The highest BCUT2D eigenvalue weighted by Gasteiger charge is 2.21. The van der Waals surface area contributed by atoms with Crippen LogP contribution in [0.1, 0.15) is 65.7 Å². The Morgan fingerprint density at radius 3 is 2.24 bits per heavy atom. The number of hydrogen-bond donors (Lipinski definition) is 2. The van der Waals surface area contributed by atoms with Gasteiger partial charge < -0.3 is 10.4 Å². The maximum Gasteiger partial charge on any atom is 0.0692 e. The minimum atomic E-state index is -0.170. The van der Waals surface area contributed by atoms with Crippen LogP contribution in [-0.4, -0.2) is 23.8 Å². The molecule has 102 valence electrons. The van der Waals surface area contributed by atoms with Gasteiger partial charge in [-0.3, -0.25) is 0 Å². The molecule has 2 unspecified atom stereocenters. The lowest BCUT2D eigenvalue weighted by Gasteiger charge is -2.30. The normalized spacial score (nSPS) is 21.7. The van der Waals surface area contributed by atoms with Crippen molar-refractivity contribution in [3.63, 3.8) is 0 Å². The van der Waals surface area contributed by atoms with E-state index in [-0.39, 0.29) is 6.10 Å². The monoisotopic (exact) mass is 241 g/mol. The maximum atomic E-state index is 10.1. The van der Waals surface area contributed by atoms with E-state index in [1.54, 1.807) is 0 Å². The predicted octanol–water partition coefficient (Wildman–Crippen LogP) is 3.34. The SMILES string of the molecule is CCC(CC)C(O)CNC(C)C1CCCCC1. The fraction of sp³-hybridized carbons (Fsp3) is 1.00. The molecule has 1 aliphatic rings. The minimum absolute atomic E-state index is 0.170. The van der Waals surface area contributed by atoms with Crippen molar-refractivity contribution >= 4 is 0 Å². The topological polar surface area (TPSA) is 32.3 Å².